The summed E-state index contributed by atoms with van der Waals surface area (Å²) in [4.78, 5) is 0. The van der Waals surface area contributed by atoms with Gasteiger partial charge in [-0.25, -0.2) is 0 Å². The predicted molar refractivity (Wildman–Crippen MR) is 40.7 cm³/mol. The molecule has 50 valence electrons. The van der Waals surface area contributed by atoms with E-state index in [9.17, 15) is 0 Å². The van der Waals surface area contributed by atoms with Gasteiger partial charge in [0.05, 0.1) is 0 Å². The van der Waals surface area contributed by atoms with Crippen LogP contribution >= 0.6 is 0 Å². The van der Waals surface area contributed by atoms with Crippen molar-refractivity contribution in [3.05, 3.63) is 37.3 Å². The van der Waals surface area contributed by atoms with Crippen molar-refractivity contribution in [2.24, 2.45) is 0 Å². The van der Waals surface area contributed by atoms with Gasteiger partial charge in [0, 0.05) is 18.9 Å². The van der Waals surface area contributed by atoms with Gasteiger partial charge in [-0.05, 0) is 12.3 Å². The summed E-state index contributed by atoms with van der Waals surface area (Å²) in [5.41, 5.74) is 0.865. The topological polar surface area (TPSA) is 24.1 Å². The Balaban J connectivity index is 3.43. The average molecular weight is 124 g/mol. The minimum Gasteiger partial charge on any atom is -0.389 e. The van der Waals surface area contributed by atoms with Crippen LogP contribution in [-0.4, -0.2) is 7.05 Å². The first-order chi connectivity index (χ1) is 4.31. The summed E-state index contributed by atoms with van der Waals surface area (Å²) in [7, 11) is 1.82. The SMILES string of the molecule is C=CN/C=C\C(=C)NC. The van der Waals surface area contributed by atoms with Crippen molar-refractivity contribution >= 4 is 0 Å². The molecule has 0 aromatic heterocycles. The van der Waals surface area contributed by atoms with Crippen LogP contribution in [0.2, 0.25) is 0 Å². The molecule has 9 heavy (non-hydrogen) atoms. The molecule has 0 radical (unpaired) electrons. The highest BCUT2D eigenvalue weighted by Gasteiger charge is 1.74. The zero-order valence-electron chi connectivity index (χ0n) is 5.65. The van der Waals surface area contributed by atoms with Gasteiger partial charge in [-0.15, -0.1) is 0 Å². The maximum absolute atomic E-state index is 3.67. The van der Waals surface area contributed by atoms with Gasteiger partial charge >= 0.3 is 0 Å². The highest BCUT2D eigenvalue weighted by molar-refractivity contribution is 5.11. The number of likely N-dealkylation sites (N-methyl/N-ethyl adjacent to an activating group) is 1. The van der Waals surface area contributed by atoms with E-state index < -0.39 is 0 Å². The summed E-state index contributed by atoms with van der Waals surface area (Å²) >= 11 is 0. The molecule has 0 atom stereocenters. The van der Waals surface area contributed by atoms with E-state index in [-0.39, 0.29) is 0 Å². The first-order valence-electron chi connectivity index (χ1n) is 2.71. The number of nitrogens with one attached hydrogen (secondary N) is 2. The van der Waals surface area contributed by atoms with E-state index in [0.717, 1.165) is 5.70 Å². The molecule has 0 amide bonds. The molecule has 0 spiro atoms. The lowest BCUT2D eigenvalue weighted by Gasteiger charge is -1.94. The van der Waals surface area contributed by atoms with Gasteiger partial charge < -0.3 is 10.6 Å². The van der Waals surface area contributed by atoms with E-state index in [1.54, 1.807) is 12.4 Å². The van der Waals surface area contributed by atoms with Gasteiger partial charge in [0.25, 0.3) is 0 Å². The molecule has 0 fully saturated rings. The normalized spacial score (nSPS) is 9.00. The summed E-state index contributed by atoms with van der Waals surface area (Å²) in [6.45, 7) is 7.14. The molecule has 0 aliphatic carbocycles. The van der Waals surface area contributed by atoms with Gasteiger partial charge in [0.15, 0.2) is 0 Å². The summed E-state index contributed by atoms with van der Waals surface area (Å²) in [6.07, 6.45) is 5.17. The average Bonchev–Trinajstić information content (AvgIpc) is 1.89. The van der Waals surface area contributed by atoms with Gasteiger partial charge in [-0.3, -0.25) is 0 Å². The molecule has 0 bridgehead atoms. The third-order valence-electron chi connectivity index (χ3n) is 0.820. The molecular weight excluding hydrogens is 112 g/mol. The van der Waals surface area contributed by atoms with Crippen molar-refractivity contribution in [1.82, 2.24) is 10.6 Å². The minimum atomic E-state index is 0.865. The maximum atomic E-state index is 3.67. The Labute approximate surface area is 56.0 Å². The van der Waals surface area contributed by atoms with Crippen LogP contribution in [0.15, 0.2) is 37.3 Å². The van der Waals surface area contributed by atoms with Gasteiger partial charge in [0.1, 0.15) is 0 Å². The largest absolute Gasteiger partial charge is 0.389 e. The van der Waals surface area contributed by atoms with E-state index in [0.29, 0.717) is 0 Å². The van der Waals surface area contributed by atoms with Crippen LogP contribution < -0.4 is 10.6 Å². The van der Waals surface area contributed by atoms with Gasteiger partial charge in [0.2, 0.25) is 0 Å². The lowest BCUT2D eigenvalue weighted by Crippen LogP contribution is -2.02. The molecule has 0 rings (SSSR count). The quantitative estimate of drug-likeness (QED) is 0.545. The second-order valence-corrected chi connectivity index (χ2v) is 1.48. The number of hydrogen-bond acceptors (Lipinski definition) is 2. The Hall–Kier alpha value is -1.18. The van der Waals surface area contributed by atoms with Crippen LogP contribution in [-0.2, 0) is 0 Å². The van der Waals surface area contributed by atoms with E-state index >= 15 is 0 Å². The van der Waals surface area contributed by atoms with E-state index in [1.165, 1.54) is 0 Å². The van der Waals surface area contributed by atoms with Crippen molar-refractivity contribution in [3.8, 4) is 0 Å². The molecule has 2 N–H and O–H groups in total. The Bertz CT molecular complexity index is 125. The van der Waals surface area contributed by atoms with Crippen molar-refractivity contribution in [1.29, 1.82) is 0 Å². The molecule has 0 saturated heterocycles. The highest BCUT2D eigenvalue weighted by Crippen LogP contribution is 1.80. The molecule has 0 saturated carbocycles. The first-order valence-corrected chi connectivity index (χ1v) is 2.71. The molecule has 0 aliphatic rings. The van der Waals surface area contributed by atoms with Crippen molar-refractivity contribution in [2.75, 3.05) is 7.05 Å². The van der Waals surface area contributed by atoms with Crippen LogP contribution in [0, 0.1) is 0 Å². The fraction of sp³-hybridized carbons (Fsp3) is 0.143. The second-order valence-electron chi connectivity index (χ2n) is 1.48. The van der Waals surface area contributed by atoms with Crippen LogP contribution in [0.3, 0.4) is 0 Å². The predicted octanol–water partition coefficient (Wildman–Crippen LogP) is 0.966. The number of rotatable bonds is 4. The molecule has 2 heteroatoms. The zero-order chi connectivity index (χ0) is 7.11. The number of hydrogen-bond donors (Lipinski definition) is 2. The summed E-state index contributed by atoms with van der Waals surface area (Å²) < 4.78 is 0. The fourth-order valence-electron chi connectivity index (χ4n) is 0.300. The standard InChI is InChI=1S/C7H12N2/c1-4-9-6-5-7(2)8-3/h4-6,8-9H,1-2H2,3H3/b6-5-. The van der Waals surface area contributed by atoms with E-state index in [2.05, 4.69) is 23.8 Å². The second kappa shape index (κ2) is 4.97. The molecule has 0 heterocycles. The van der Waals surface area contributed by atoms with Gasteiger partial charge in [-0.2, -0.15) is 0 Å². The Morgan fingerprint density at radius 2 is 2.22 bits per heavy atom. The summed E-state index contributed by atoms with van der Waals surface area (Å²) in [5.74, 6) is 0. The fourth-order valence-corrected chi connectivity index (χ4v) is 0.300. The Morgan fingerprint density at radius 3 is 2.67 bits per heavy atom. The van der Waals surface area contributed by atoms with E-state index in [1.807, 2.05) is 13.1 Å². The third-order valence-corrected chi connectivity index (χ3v) is 0.820. The lowest BCUT2D eigenvalue weighted by molar-refractivity contribution is 1.03. The van der Waals surface area contributed by atoms with Crippen molar-refractivity contribution in [3.63, 3.8) is 0 Å². The highest BCUT2D eigenvalue weighted by atomic mass is 14.8. The number of allylic oxidation sites excluding steroid dienone is 1. The smallest absolute Gasteiger partial charge is 0.0279 e. The summed E-state index contributed by atoms with van der Waals surface area (Å²) in [6, 6.07) is 0. The van der Waals surface area contributed by atoms with E-state index in [4.69, 9.17) is 0 Å². The molecular formula is C7H12N2. The molecule has 0 aromatic carbocycles. The van der Waals surface area contributed by atoms with Crippen LogP contribution in [0.5, 0.6) is 0 Å². The van der Waals surface area contributed by atoms with Crippen LogP contribution in [0.25, 0.3) is 0 Å². The van der Waals surface area contributed by atoms with Gasteiger partial charge in [-0.1, -0.05) is 13.2 Å². The van der Waals surface area contributed by atoms with Crippen molar-refractivity contribution in [2.45, 2.75) is 0 Å². The Morgan fingerprint density at radius 1 is 1.56 bits per heavy atom. The molecule has 0 aliphatic heterocycles. The summed E-state index contributed by atoms with van der Waals surface area (Å²) in [5, 5.41) is 5.66. The molecule has 2 nitrogen and oxygen atoms in total. The minimum absolute atomic E-state index is 0.865. The Kier molecular flexibility index (Phi) is 4.32. The van der Waals surface area contributed by atoms with Crippen LogP contribution in [0.1, 0.15) is 0 Å². The van der Waals surface area contributed by atoms with Crippen LogP contribution in [0.4, 0.5) is 0 Å². The van der Waals surface area contributed by atoms with Crippen molar-refractivity contribution < 1.29 is 0 Å². The monoisotopic (exact) mass is 124 g/mol. The maximum Gasteiger partial charge on any atom is 0.0279 e. The first kappa shape index (κ1) is 7.82. The molecule has 0 aromatic rings. The third kappa shape index (κ3) is 4.68. The zero-order valence-corrected chi connectivity index (χ0v) is 5.65. The molecule has 0 unspecified atom stereocenters. The lowest BCUT2D eigenvalue weighted by atomic mass is 10.5.